The molecule has 1 aliphatic rings. The summed E-state index contributed by atoms with van der Waals surface area (Å²) in [5, 5.41) is 3.36. The van der Waals surface area contributed by atoms with Crippen molar-refractivity contribution in [1.29, 1.82) is 0 Å². The highest BCUT2D eigenvalue weighted by Crippen LogP contribution is 2.12. The Balaban J connectivity index is 1.41. The Morgan fingerprint density at radius 3 is 2.71 bits per heavy atom. The Morgan fingerprint density at radius 1 is 1.10 bits per heavy atom. The highest BCUT2D eigenvalue weighted by molar-refractivity contribution is 5.27. The van der Waals surface area contributed by atoms with Crippen molar-refractivity contribution >= 4 is 0 Å². The van der Waals surface area contributed by atoms with Gasteiger partial charge in [-0.05, 0) is 37.5 Å². The fourth-order valence-corrected chi connectivity index (χ4v) is 2.43. The van der Waals surface area contributed by atoms with Crippen molar-refractivity contribution in [2.75, 3.05) is 52.5 Å². The van der Waals surface area contributed by atoms with E-state index in [1.54, 1.807) is 0 Å². The van der Waals surface area contributed by atoms with Gasteiger partial charge in [-0.3, -0.25) is 4.90 Å². The van der Waals surface area contributed by atoms with Crippen molar-refractivity contribution in [3.05, 3.63) is 29.8 Å². The molecule has 1 aliphatic heterocycles. The third kappa shape index (κ3) is 6.93. The number of benzene rings is 1. The van der Waals surface area contributed by atoms with Crippen LogP contribution in [0.2, 0.25) is 0 Å². The molecule has 0 aliphatic carbocycles. The first-order valence-corrected chi connectivity index (χ1v) is 8.05. The maximum atomic E-state index is 5.72. The molecule has 0 aromatic heterocycles. The molecule has 1 heterocycles. The molecule has 1 saturated heterocycles. The molecule has 118 valence electrons. The third-order valence-electron chi connectivity index (χ3n) is 3.70. The quantitative estimate of drug-likeness (QED) is 0.707. The summed E-state index contributed by atoms with van der Waals surface area (Å²) in [5.74, 6) is 0.967. The van der Waals surface area contributed by atoms with Crippen LogP contribution in [-0.4, -0.2) is 57.4 Å². The number of aryl methyl sites for hydroxylation is 1. The van der Waals surface area contributed by atoms with Crippen LogP contribution in [0.3, 0.4) is 0 Å². The van der Waals surface area contributed by atoms with Crippen LogP contribution < -0.4 is 10.1 Å². The lowest BCUT2D eigenvalue weighted by atomic mass is 10.2. The van der Waals surface area contributed by atoms with Crippen LogP contribution in [0.4, 0.5) is 0 Å². The molecule has 1 aromatic carbocycles. The Labute approximate surface area is 128 Å². The predicted molar refractivity (Wildman–Crippen MR) is 86.0 cm³/mol. The minimum absolute atomic E-state index is 0.768. The van der Waals surface area contributed by atoms with Crippen LogP contribution in [0.25, 0.3) is 0 Å². The fourth-order valence-electron chi connectivity index (χ4n) is 2.43. The van der Waals surface area contributed by atoms with Gasteiger partial charge in [0, 0.05) is 39.3 Å². The summed E-state index contributed by atoms with van der Waals surface area (Å²) in [7, 11) is 0. The van der Waals surface area contributed by atoms with Gasteiger partial charge in [0.05, 0.1) is 13.2 Å². The molecule has 0 unspecified atom stereocenters. The van der Waals surface area contributed by atoms with Crippen LogP contribution in [0.15, 0.2) is 24.3 Å². The van der Waals surface area contributed by atoms with Gasteiger partial charge in [-0.2, -0.15) is 0 Å². The number of hydrogen-bond donors (Lipinski definition) is 1. The molecule has 0 bridgehead atoms. The summed E-state index contributed by atoms with van der Waals surface area (Å²) in [5.41, 5.74) is 1.24. The summed E-state index contributed by atoms with van der Waals surface area (Å²) >= 11 is 0. The number of hydrogen-bond acceptors (Lipinski definition) is 4. The Morgan fingerprint density at radius 2 is 1.90 bits per heavy atom. The largest absolute Gasteiger partial charge is 0.494 e. The van der Waals surface area contributed by atoms with E-state index in [-0.39, 0.29) is 0 Å². The van der Waals surface area contributed by atoms with Crippen LogP contribution in [-0.2, 0) is 4.74 Å². The van der Waals surface area contributed by atoms with Gasteiger partial charge >= 0.3 is 0 Å². The topological polar surface area (TPSA) is 33.7 Å². The summed E-state index contributed by atoms with van der Waals surface area (Å²) in [6.07, 6.45) is 2.11. The molecule has 1 fully saturated rings. The van der Waals surface area contributed by atoms with E-state index in [0.717, 1.165) is 71.1 Å². The van der Waals surface area contributed by atoms with E-state index in [0.29, 0.717) is 0 Å². The molecule has 0 atom stereocenters. The number of ether oxygens (including phenoxy) is 2. The molecule has 1 aromatic rings. The van der Waals surface area contributed by atoms with Crippen molar-refractivity contribution in [3.8, 4) is 5.75 Å². The lowest BCUT2D eigenvalue weighted by molar-refractivity contribution is 0.0944. The second kappa shape index (κ2) is 9.77. The molecule has 4 heteroatoms. The van der Waals surface area contributed by atoms with E-state index < -0.39 is 0 Å². The van der Waals surface area contributed by atoms with Crippen LogP contribution in [0, 0.1) is 6.92 Å². The number of piperazine rings is 1. The summed E-state index contributed by atoms with van der Waals surface area (Å²) in [6, 6.07) is 8.20. The summed E-state index contributed by atoms with van der Waals surface area (Å²) in [6.45, 7) is 10.1. The molecule has 0 saturated carbocycles. The highest BCUT2D eigenvalue weighted by Gasteiger charge is 2.08. The Kier molecular flexibility index (Phi) is 7.57. The zero-order valence-corrected chi connectivity index (χ0v) is 13.1. The first-order valence-electron chi connectivity index (χ1n) is 8.05. The third-order valence-corrected chi connectivity index (χ3v) is 3.70. The number of nitrogens with one attached hydrogen (secondary N) is 1. The molecular weight excluding hydrogens is 264 g/mol. The molecular formula is C17H28N2O2. The maximum Gasteiger partial charge on any atom is 0.119 e. The fraction of sp³-hybridized carbons (Fsp3) is 0.647. The Hall–Kier alpha value is -1.10. The second-order valence-corrected chi connectivity index (χ2v) is 5.58. The van der Waals surface area contributed by atoms with Gasteiger partial charge in [-0.25, -0.2) is 0 Å². The normalized spacial score (nSPS) is 16.0. The highest BCUT2D eigenvalue weighted by atomic mass is 16.5. The smallest absolute Gasteiger partial charge is 0.119 e. The molecule has 21 heavy (non-hydrogen) atoms. The number of rotatable bonds is 9. The van der Waals surface area contributed by atoms with E-state index in [1.165, 1.54) is 5.56 Å². The van der Waals surface area contributed by atoms with Gasteiger partial charge in [-0.1, -0.05) is 12.1 Å². The average molecular weight is 292 g/mol. The van der Waals surface area contributed by atoms with E-state index in [2.05, 4.69) is 29.3 Å². The first kappa shape index (κ1) is 16.3. The van der Waals surface area contributed by atoms with E-state index in [9.17, 15) is 0 Å². The molecule has 0 amide bonds. The average Bonchev–Trinajstić information content (AvgIpc) is 2.51. The van der Waals surface area contributed by atoms with Gasteiger partial charge in [0.15, 0.2) is 0 Å². The minimum atomic E-state index is 0.768. The Bertz CT molecular complexity index is 392. The lowest BCUT2D eigenvalue weighted by Crippen LogP contribution is -2.44. The van der Waals surface area contributed by atoms with E-state index in [4.69, 9.17) is 9.47 Å². The van der Waals surface area contributed by atoms with Gasteiger partial charge in [-0.15, -0.1) is 0 Å². The zero-order chi connectivity index (χ0) is 14.8. The van der Waals surface area contributed by atoms with Crippen LogP contribution in [0.5, 0.6) is 5.75 Å². The first-order chi connectivity index (χ1) is 10.3. The SMILES string of the molecule is Cc1cccc(OCCCCOCCN2CCNCC2)c1. The standard InChI is InChI=1S/C17H28N2O2/c1-16-5-4-6-17(15-16)21-13-3-2-12-20-14-11-19-9-7-18-8-10-19/h4-6,15,18H,2-3,7-14H2,1H3. The molecule has 4 nitrogen and oxygen atoms in total. The minimum Gasteiger partial charge on any atom is -0.494 e. The van der Waals surface area contributed by atoms with Gasteiger partial charge < -0.3 is 14.8 Å². The second-order valence-electron chi connectivity index (χ2n) is 5.58. The summed E-state index contributed by atoms with van der Waals surface area (Å²) < 4.78 is 11.4. The van der Waals surface area contributed by atoms with Gasteiger partial charge in [0.25, 0.3) is 0 Å². The monoisotopic (exact) mass is 292 g/mol. The van der Waals surface area contributed by atoms with Crippen molar-refractivity contribution in [1.82, 2.24) is 10.2 Å². The zero-order valence-electron chi connectivity index (χ0n) is 13.1. The predicted octanol–water partition coefficient (Wildman–Crippen LogP) is 2.08. The summed E-state index contributed by atoms with van der Waals surface area (Å²) in [4.78, 5) is 2.46. The number of nitrogens with zero attached hydrogens (tertiary/aromatic N) is 1. The van der Waals surface area contributed by atoms with Crippen molar-refractivity contribution < 1.29 is 9.47 Å². The molecule has 0 radical (unpaired) electrons. The van der Waals surface area contributed by atoms with Gasteiger partial charge in [0.2, 0.25) is 0 Å². The van der Waals surface area contributed by atoms with E-state index >= 15 is 0 Å². The van der Waals surface area contributed by atoms with E-state index in [1.807, 2.05) is 12.1 Å². The van der Waals surface area contributed by atoms with Crippen molar-refractivity contribution in [2.45, 2.75) is 19.8 Å². The van der Waals surface area contributed by atoms with Crippen molar-refractivity contribution in [2.24, 2.45) is 0 Å². The molecule has 2 rings (SSSR count). The van der Waals surface area contributed by atoms with Gasteiger partial charge in [0.1, 0.15) is 5.75 Å². The molecule has 1 N–H and O–H groups in total. The lowest BCUT2D eigenvalue weighted by Gasteiger charge is -2.26. The number of unbranched alkanes of at least 4 members (excludes halogenated alkanes) is 1. The van der Waals surface area contributed by atoms with Crippen LogP contribution in [0.1, 0.15) is 18.4 Å². The maximum absolute atomic E-state index is 5.72. The molecule has 0 spiro atoms. The van der Waals surface area contributed by atoms with Crippen molar-refractivity contribution in [3.63, 3.8) is 0 Å². The van der Waals surface area contributed by atoms with Crippen LogP contribution >= 0.6 is 0 Å².